The summed E-state index contributed by atoms with van der Waals surface area (Å²) in [5.41, 5.74) is 25.5. The maximum absolute atomic E-state index is 4.05. The van der Waals surface area contributed by atoms with Gasteiger partial charge in [-0.15, -0.1) is 11.3 Å². The van der Waals surface area contributed by atoms with Crippen LogP contribution in [-0.4, -0.2) is 11.8 Å². The second-order valence-electron chi connectivity index (χ2n) is 24.1. The number of thiophene rings is 1. The van der Waals surface area contributed by atoms with Crippen molar-refractivity contribution < 1.29 is 0 Å². The number of benzene rings is 8. The second-order valence-corrected chi connectivity index (χ2v) is 25.1. The first kappa shape index (κ1) is 43.6. The fraction of sp³-hybridized carbons (Fsp3) is 0.273. The largest absolute Gasteiger partial charge is 0.355 e. The monoisotopic (exact) mass is 926 g/mol. The molecule has 0 radical (unpaired) electrons. The minimum atomic E-state index is 0.0625. The topological polar surface area (TPSA) is 17.0 Å². The molecule has 0 amide bonds. The molecule has 3 heterocycles. The van der Waals surface area contributed by atoms with Gasteiger partial charge in [-0.3, -0.25) is 0 Å². The smallest absolute Gasteiger partial charge is 0.198 e. The van der Waals surface area contributed by atoms with E-state index in [0.717, 1.165) is 18.7 Å². The summed E-state index contributed by atoms with van der Waals surface area (Å²) < 4.78 is 5.39. The standard InChI is InChI=1S/C66H63BN2S/c1-38-20-23-41(24-21-38)68-55-37-59-45(46-33-50-53(36-58(46)70-59)66(9,10)29-27-63(50,3)4)31-44(55)48-32-47(43-19-15-14-18-42(43)40-16-12-11-13-17-40)60-49-34-51-52(65(7,8)28-26-64(51,5)6)35-57(49)69-56-25-22-39(2)30-54(56)67-61(48)62(60)69/h11-25,30-37,67-68H,26-29H2,1-10H3. The normalized spacial score (nSPS) is 17.1. The Morgan fingerprint density at radius 2 is 1.06 bits per heavy atom. The first-order valence-corrected chi connectivity index (χ1v) is 26.6. The summed E-state index contributed by atoms with van der Waals surface area (Å²) in [5.74, 6) is 0. The average molecular weight is 927 g/mol. The molecule has 8 aromatic carbocycles. The van der Waals surface area contributed by atoms with Crippen LogP contribution in [0.15, 0.2) is 140 Å². The third-order valence-corrected chi connectivity index (χ3v) is 18.6. The molecule has 1 aliphatic heterocycles. The van der Waals surface area contributed by atoms with Gasteiger partial charge in [0.05, 0.1) is 5.52 Å². The molecule has 2 aliphatic carbocycles. The lowest BCUT2D eigenvalue weighted by molar-refractivity contribution is 0.332. The van der Waals surface area contributed by atoms with Crippen molar-refractivity contribution in [1.29, 1.82) is 0 Å². The van der Waals surface area contributed by atoms with Crippen LogP contribution in [0, 0.1) is 13.8 Å². The molecule has 0 atom stereocenters. The van der Waals surface area contributed by atoms with Crippen LogP contribution >= 0.6 is 11.3 Å². The van der Waals surface area contributed by atoms with Crippen molar-refractivity contribution in [3.05, 3.63) is 173 Å². The highest BCUT2D eigenvalue weighted by Gasteiger charge is 2.40. The predicted molar refractivity (Wildman–Crippen MR) is 306 cm³/mol. The fourth-order valence-corrected chi connectivity index (χ4v) is 14.2. The molecular weight excluding hydrogens is 864 g/mol. The molecule has 2 aromatic heterocycles. The number of fused-ring (bicyclic) bond motifs is 10. The number of aromatic nitrogens is 1. The zero-order valence-electron chi connectivity index (χ0n) is 42.7. The summed E-state index contributed by atoms with van der Waals surface area (Å²) in [6, 6.07) is 54.4. The third kappa shape index (κ3) is 6.58. The van der Waals surface area contributed by atoms with E-state index in [0.29, 0.717) is 0 Å². The van der Waals surface area contributed by atoms with E-state index in [4.69, 9.17) is 0 Å². The van der Waals surface area contributed by atoms with Crippen LogP contribution in [0.25, 0.3) is 81.0 Å². The van der Waals surface area contributed by atoms with Gasteiger partial charge in [-0.2, -0.15) is 0 Å². The van der Waals surface area contributed by atoms with Crippen molar-refractivity contribution in [2.24, 2.45) is 0 Å². The van der Waals surface area contributed by atoms with Crippen LogP contribution in [0.4, 0.5) is 11.4 Å². The Kier molecular flexibility index (Phi) is 9.40. The Morgan fingerprint density at radius 1 is 0.486 bits per heavy atom. The Hall–Kier alpha value is -6.36. The van der Waals surface area contributed by atoms with Gasteiger partial charge in [0.2, 0.25) is 0 Å². The summed E-state index contributed by atoms with van der Waals surface area (Å²) in [6.07, 6.45) is 4.75. The van der Waals surface area contributed by atoms with Crippen molar-refractivity contribution in [3.8, 4) is 39.1 Å². The van der Waals surface area contributed by atoms with E-state index in [9.17, 15) is 0 Å². The lowest BCUT2D eigenvalue weighted by Crippen LogP contribution is -2.37. The molecule has 0 fully saturated rings. The molecular formula is C66H63BN2S. The highest BCUT2D eigenvalue weighted by atomic mass is 32.1. The number of anilines is 2. The molecule has 3 aliphatic rings. The van der Waals surface area contributed by atoms with Crippen molar-refractivity contribution in [1.82, 2.24) is 4.57 Å². The number of rotatable bonds is 5. The van der Waals surface area contributed by atoms with Crippen LogP contribution in [0.5, 0.6) is 0 Å². The van der Waals surface area contributed by atoms with Crippen LogP contribution < -0.4 is 16.2 Å². The van der Waals surface area contributed by atoms with E-state index < -0.39 is 0 Å². The summed E-state index contributed by atoms with van der Waals surface area (Å²) in [4.78, 5) is 0. The van der Waals surface area contributed by atoms with E-state index >= 15 is 0 Å². The first-order valence-electron chi connectivity index (χ1n) is 25.8. The molecule has 0 bridgehead atoms. The molecule has 0 saturated heterocycles. The van der Waals surface area contributed by atoms with Crippen molar-refractivity contribution in [2.75, 3.05) is 5.32 Å². The van der Waals surface area contributed by atoms with Crippen LogP contribution in [0.3, 0.4) is 0 Å². The number of aryl methyl sites for hydroxylation is 2. The lowest BCUT2D eigenvalue weighted by atomic mass is 9.58. The maximum atomic E-state index is 4.05. The Morgan fingerprint density at radius 3 is 1.74 bits per heavy atom. The van der Waals surface area contributed by atoms with E-state index in [1.807, 2.05) is 11.3 Å². The van der Waals surface area contributed by atoms with Crippen molar-refractivity contribution in [3.63, 3.8) is 0 Å². The molecule has 10 aromatic rings. The Bertz CT molecular complexity index is 3840. The van der Waals surface area contributed by atoms with Gasteiger partial charge in [0.15, 0.2) is 7.28 Å². The van der Waals surface area contributed by atoms with E-state index in [1.54, 1.807) is 0 Å². The minimum Gasteiger partial charge on any atom is -0.355 e. The van der Waals surface area contributed by atoms with Crippen LogP contribution in [0.1, 0.15) is 114 Å². The number of nitrogens with one attached hydrogen (secondary N) is 1. The maximum Gasteiger partial charge on any atom is 0.198 e. The summed E-state index contributed by atoms with van der Waals surface area (Å²) in [6.45, 7) is 24.1. The van der Waals surface area contributed by atoms with Gasteiger partial charge in [-0.1, -0.05) is 151 Å². The van der Waals surface area contributed by atoms with E-state index in [-0.39, 0.29) is 21.7 Å². The summed E-state index contributed by atoms with van der Waals surface area (Å²) in [7, 11) is 0.847. The predicted octanol–water partition coefficient (Wildman–Crippen LogP) is 16.9. The molecule has 0 unspecified atom stereocenters. The van der Waals surface area contributed by atoms with Gasteiger partial charge in [0.1, 0.15) is 0 Å². The van der Waals surface area contributed by atoms with E-state index in [2.05, 4.69) is 219 Å². The average Bonchev–Trinajstić information content (AvgIpc) is 3.87. The van der Waals surface area contributed by atoms with Gasteiger partial charge >= 0.3 is 0 Å². The molecule has 1 N–H and O–H groups in total. The number of hydrogen-bond donors (Lipinski definition) is 1. The van der Waals surface area contributed by atoms with Gasteiger partial charge in [0, 0.05) is 59.1 Å². The van der Waals surface area contributed by atoms with Crippen molar-refractivity contribution >= 4 is 82.9 Å². The summed E-state index contributed by atoms with van der Waals surface area (Å²) >= 11 is 1.95. The van der Waals surface area contributed by atoms with Crippen LogP contribution in [-0.2, 0) is 21.7 Å². The molecule has 13 rings (SSSR count). The molecule has 2 nitrogen and oxygen atoms in total. The number of nitrogens with zero attached hydrogens (tertiary/aromatic N) is 1. The van der Waals surface area contributed by atoms with Crippen molar-refractivity contribution in [2.45, 2.75) is 117 Å². The fourth-order valence-electron chi connectivity index (χ4n) is 13.1. The molecule has 0 saturated carbocycles. The molecule has 4 heteroatoms. The Labute approximate surface area is 419 Å². The zero-order valence-corrected chi connectivity index (χ0v) is 43.5. The first-order chi connectivity index (χ1) is 33.5. The highest BCUT2D eigenvalue weighted by molar-refractivity contribution is 7.25. The van der Waals surface area contributed by atoms with Gasteiger partial charge in [0.25, 0.3) is 0 Å². The summed E-state index contributed by atoms with van der Waals surface area (Å²) in [5, 5.41) is 9.49. The highest BCUT2D eigenvalue weighted by Crippen LogP contribution is 2.53. The van der Waals surface area contributed by atoms with E-state index in [1.165, 1.54) is 151 Å². The number of hydrogen-bond acceptors (Lipinski definition) is 2. The van der Waals surface area contributed by atoms with Gasteiger partial charge in [-0.25, -0.2) is 0 Å². The molecule has 0 spiro atoms. The third-order valence-electron chi connectivity index (χ3n) is 17.5. The van der Waals surface area contributed by atoms with Gasteiger partial charge < -0.3 is 9.88 Å². The van der Waals surface area contributed by atoms with Crippen LogP contribution in [0.2, 0.25) is 0 Å². The quantitative estimate of drug-likeness (QED) is 0.170. The SMILES string of the molecule is Cc1ccc(Nc2cc3sc4cc5c(cc4c3cc2-c2cc(-c3ccccc3-c3ccccc3)c3c4cc6c(cc4n4c3c2Bc2cc(C)ccc2-4)C(C)(C)CCC6(C)C)C(C)(C)CCC5(C)C)cc1. The molecule has 70 heavy (non-hydrogen) atoms. The zero-order chi connectivity index (χ0) is 48.2. The lowest BCUT2D eigenvalue weighted by Gasteiger charge is -2.42. The second kappa shape index (κ2) is 15.1. The van der Waals surface area contributed by atoms with Gasteiger partial charge in [-0.05, 0) is 177 Å². The minimum absolute atomic E-state index is 0.0625. The molecule has 346 valence electrons. The Balaban J connectivity index is 1.20.